The number of nitrogens with two attached hydrogens (primary N) is 3. The van der Waals surface area contributed by atoms with Crippen molar-refractivity contribution < 1.29 is 23.8 Å². The minimum absolute atomic E-state index is 0.00878. The molecule has 174 valence electrons. The molecule has 1 aliphatic heterocycles. The predicted octanol–water partition coefficient (Wildman–Crippen LogP) is 3.26. The van der Waals surface area contributed by atoms with Gasteiger partial charge < -0.3 is 27.0 Å². The van der Waals surface area contributed by atoms with Crippen LogP contribution in [0.5, 0.6) is 11.5 Å². The molecule has 7 nitrogen and oxygen atoms in total. The molecule has 4 atom stereocenters. The van der Waals surface area contributed by atoms with Gasteiger partial charge in [-0.15, -0.1) is 11.8 Å². The van der Waals surface area contributed by atoms with Crippen molar-refractivity contribution in [3.63, 3.8) is 0 Å². The van der Waals surface area contributed by atoms with Crippen molar-refractivity contribution in [1.82, 2.24) is 0 Å². The molecule has 1 aliphatic carbocycles. The van der Waals surface area contributed by atoms with Crippen molar-refractivity contribution in [2.45, 2.75) is 34.6 Å². The van der Waals surface area contributed by atoms with Crippen LogP contribution in [0, 0.1) is 12.7 Å². The van der Waals surface area contributed by atoms with Gasteiger partial charge in [-0.1, -0.05) is 30.3 Å². The van der Waals surface area contributed by atoms with Gasteiger partial charge >= 0.3 is 5.97 Å². The number of nitrogen functional groups attached to an aromatic ring is 1. The van der Waals surface area contributed by atoms with Gasteiger partial charge in [-0.25, -0.2) is 4.39 Å². The van der Waals surface area contributed by atoms with E-state index in [0.29, 0.717) is 27.5 Å². The molecule has 0 saturated heterocycles. The molecule has 9 heteroatoms. The van der Waals surface area contributed by atoms with Crippen molar-refractivity contribution >= 4 is 29.2 Å². The fourth-order valence-electron chi connectivity index (χ4n) is 4.96. The molecule has 5 rings (SSSR count). The summed E-state index contributed by atoms with van der Waals surface area (Å²) in [4.78, 5) is 26.1. The number of thioether (sulfide) groups is 1. The highest BCUT2D eigenvalue weighted by molar-refractivity contribution is 8.01. The standard InChI is InChI=1S/C25H22FN3O4S/c1-11-13(8-10-16(19(11)26)33-12-5-3-2-4-6-12)25(29)14-7-9-15(27)21-17(14)18(20(28)23(25)30)22(34-21)24(31)32/h2-10,18,20,22H,27-29H2,1H3,(H,31,32). The lowest BCUT2D eigenvalue weighted by molar-refractivity contribution is -0.137. The molecular formula is C25H22FN3O4S. The second kappa shape index (κ2) is 7.83. The van der Waals surface area contributed by atoms with E-state index in [0.717, 1.165) is 11.8 Å². The Bertz CT molecular complexity index is 1350. The number of carbonyl (C=O) groups is 2. The lowest BCUT2D eigenvalue weighted by Crippen LogP contribution is -2.60. The Morgan fingerprint density at radius 1 is 1.12 bits per heavy atom. The molecule has 3 aromatic carbocycles. The van der Waals surface area contributed by atoms with E-state index in [1.165, 1.54) is 13.0 Å². The van der Waals surface area contributed by atoms with E-state index in [1.54, 1.807) is 42.5 Å². The number of anilines is 1. The van der Waals surface area contributed by atoms with Gasteiger partial charge in [0, 0.05) is 16.5 Å². The van der Waals surface area contributed by atoms with Crippen LogP contribution in [0.25, 0.3) is 0 Å². The van der Waals surface area contributed by atoms with Crippen LogP contribution in [0.3, 0.4) is 0 Å². The fourth-order valence-corrected chi connectivity index (χ4v) is 6.35. The highest BCUT2D eigenvalue weighted by Gasteiger charge is 2.57. The molecule has 4 unspecified atom stereocenters. The van der Waals surface area contributed by atoms with Crippen LogP contribution in [0.2, 0.25) is 0 Å². The Labute approximate surface area is 199 Å². The molecular weight excluding hydrogens is 457 g/mol. The quantitative estimate of drug-likeness (QED) is 0.418. The maximum absolute atomic E-state index is 15.4. The SMILES string of the molecule is Cc1c(C2(N)C(=O)C(N)C3c4c2ccc(N)c4SC3C(=O)O)ccc(Oc2ccccc2)c1F. The Balaban J connectivity index is 1.67. The zero-order valence-corrected chi connectivity index (χ0v) is 18.9. The number of Topliss-reactive ketones (excluding diaryl/α,β-unsaturated/α-hetero) is 1. The number of ketones is 1. The first-order valence-corrected chi connectivity index (χ1v) is 11.5. The van der Waals surface area contributed by atoms with Crippen molar-refractivity contribution in [3.05, 3.63) is 82.7 Å². The number of hydrogen-bond donors (Lipinski definition) is 4. The number of benzene rings is 3. The Morgan fingerprint density at radius 2 is 1.79 bits per heavy atom. The third-order valence-electron chi connectivity index (χ3n) is 6.62. The van der Waals surface area contributed by atoms with Gasteiger partial charge in [0.15, 0.2) is 17.3 Å². The molecule has 0 aromatic heterocycles. The van der Waals surface area contributed by atoms with Gasteiger partial charge in [-0.2, -0.15) is 0 Å². The smallest absolute Gasteiger partial charge is 0.317 e. The lowest BCUT2D eigenvalue weighted by atomic mass is 9.64. The molecule has 0 bridgehead atoms. The monoisotopic (exact) mass is 479 g/mol. The highest BCUT2D eigenvalue weighted by Crippen LogP contribution is 2.56. The number of hydrogen-bond acceptors (Lipinski definition) is 7. The summed E-state index contributed by atoms with van der Waals surface area (Å²) in [6.45, 7) is 1.52. The second-order valence-electron chi connectivity index (χ2n) is 8.51. The maximum Gasteiger partial charge on any atom is 0.317 e. The summed E-state index contributed by atoms with van der Waals surface area (Å²) in [5, 5.41) is 8.78. The normalized spacial score (nSPS) is 25.2. The zero-order chi connectivity index (χ0) is 24.4. The van der Waals surface area contributed by atoms with Crippen molar-refractivity contribution in [2.75, 3.05) is 5.73 Å². The van der Waals surface area contributed by atoms with E-state index >= 15 is 4.39 Å². The number of aliphatic carboxylic acids is 1. The average Bonchev–Trinajstić information content (AvgIpc) is 3.23. The Kier molecular flexibility index (Phi) is 5.16. The molecule has 0 spiro atoms. The minimum Gasteiger partial charge on any atom is -0.480 e. The first kappa shape index (κ1) is 22.4. The minimum atomic E-state index is -1.78. The average molecular weight is 480 g/mol. The number of ether oxygens (including phenoxy) is 1. The number of carboxylic acids is 1. The number of carboxylic acid groups (broad SMARTS) is 1. The first-order chi connectivity index (χ1) is 16.2. The molecule has 0 fully saturated rings. The summed E-state index contributed by atoms with van der Waals surface area (Å²) in [5.41, 5.74) is 19.2. The Hall–Kier alpha value is -3.40. The summed E-state index contributed by atoms with van der Waals surface area (Å²) in [7, 11) is 0. The van der Waals surface area contributed by atoms with Gasteiger partial charge in [0.25, 0.3) is 0 Å². The molecule has 34 heavy (non-hydrogen) atoms. The van der Waals surface area contributed by atoms with Crippen LogP contribution in [-0.2, 0) is 15.1 Å². The molecule has 3 aromatic rings. The van der Waals surface area contributed by atoms with E-state index in [4.69, 9.17) is 21.9 Å². The van der Waals surface area contributed by atoms with Crippen molar-refractivity contribution in [3.8, 4) is 11.5 Å². The maximum atomic E-state index is 15.4. The fraction of sp³-hybridized carbons (Fsp3) is 0.200. The molecule has 0 saturated carbocycles. The van der Waals surface area contributed by atoms with Gasteiger partial charge in [0.2, 0.25) is 0 Å². The number of para-hydroxylation sites is 1. The van der Waals surface area contributed by atoms with Crippen LogP contribution >= 0.6 is 11.8 Å². The number of carbonyl (C=O) groups excluding carboxylic acids is 1. The van der Waals surface area contributed by atoms with Crippen LogP contribution < -0.4 is 21.9 Å². The third kappa shape index (κ3) is 3.04. The highest BCUT2D eigenvalue weighted by atomic mass is 32.2. The molecule has 7 N–H and O–H groups in total. The molecule has 0 amide bonds. The molecule has 2 aliphatic rings. The van der Waals surface area contributed by atoms with E-state index in [2.05, 4.69) is 0 Å². The largest absolute Gasteiger partial charge is 0.480 e. The van der Waals surface area contributed by atoms with Gasteiger partial charge in [0.05, 0.1) is 6.04 Å². The van der Waals surface area contributed by atoms with E-state index < -0.39 is 40.3 Å². The van der Waals surface area contributed by atoms with Crippen LogP contribution in [0.4, 0.5) is 10.1 Å². The van der Waals surface area contributed by atoms with E-state index in [-0.39, 0.29) is 16.9 Å². The number of rotatable bonds is 4. The molecule has 1 heterocycles. The van der Waals surface area contributed by atoms with Crippen LogP contribution in [-0.4, -0.2) is 28.2 Å². The summed E-state index contributed by atoms with van der Waals surface area (Å²) in [6, 6.07) is 13.7. The molecule has 0 radical (unpaired) electrons. The van der Waals surface area contributed by atoms with E-state index in [9.17, 15) is 14.7 Å². The zero-order valence-electron chi connectivity index (χ0n) is 18.1. The first-order valence-electron chi connectivity index (χ1n) is 10.6. The summed E-state index contributed by atoms with van der Waals surface area (Å²) >= 11 is 1.06. The van der Waals surface area contributed by atoms with Crippen molar-refractivity contribution in [1.29, 1.82) is 0 Å². The van der Waals surface area contributed by atoms with Gasteiger partial charge in [-0.05, 0) is 53.4 Å². The number of halogens is 1. The predicted molar refractivity (Wildman–Crippen MR) is 126 cm³/mol. The van der Waals surface area contributed by atoms with E-state index in [1.807, 2.05) is 6.07 Å². The van der Waals surface area contributed by atoms with Crippen molar-refractivity contribution in [2.24, 2.45) is 11.5 Å². The topological polar surface area (TPSA) is 142 Å². The van der Waals surface area contributed by atoms with Gasteiger partial charge in [-0.3, -0.25) is 9.59 Å². The lowest BCUT2D eigenvalue weighted by Gasteiger charge is -2.41. The van der Waals surface area contributed by atoms with Crippen LogP contribution in [0.1, 0.15) is 28.2 Å². The Morgan fingerprint density at radius 3 is 2.47 bits per heavy atom. The summed E-state index contributed by atoms with van der Waals surface area (Å²) in [5.74, 6) is -2.65. The second-order valence-corrected chi connectivity index (χ2v) is 9.66. The third-order valence-corrected chi connectivity index (χ3v) is 8.06. The summed E-state index contributed by atoms with van der Waals surface area (Å²) < 4.78 is 21.1. The van der Waals surface area contributed by atoms with Crippen LogP contribution in [0.15, 0.2) is 59.5 Å². The summed E-state index contributed by atoms with van der Waals surface area (Å²) in [6.07, 6.45) is 0. The van der Waals surface area contributed by atoms with Gasteiger partial charge in [0.1, 0.15) is 16.5 Å².